The third kappa shape index (κ3) is 2.47. The van der Waals surface area contributed by atoms with Gasteiger partial charge in [0.25, 0.3) is 5.91 Å². The van der Waals surface area contributed by atoms with Crippen molar-refractivity contribution < 1.29 is 4.79 Å². The molecule has 0 bridgehead atoms. The number of nitrogens with zero attached hydrogens (tertiary/aromatic N) is 2. The van der Waals surface area contributed by atoms with Crippen LogP contribution in [0.5, 0.6) is 0 Å². The second-order valence-electron chi connectivity index (χ2n) is 3.63. The molecule has 0 saturated carbocycles. The van der Waals surface area contributed by atoms with Crippen LogP contribution in [0.15, 0.2) is 18.3 Å². The molecular formula is C11H14N4OS. The van der Waals surface area contributed by atoms with E-state index in [0.717, 1.165) is 11.4 Å². The Balaban J connectivity index is 2.11. The number of nitrogen functional groups attached to an aromatic ring is 1. The summed E-state index contributed by atoms with van der Waals surface area (Å²) in [4.78, 5) is 13.4. The van der Waals surface area contributed by atoms with Gasteiger partial charge in [0.15, 0.2) is 5.82 Å². The van der Waals surface area contributed by atoms with Crippen molar-refractivity contribution >= 4 is 28.7 Å². The molecule has 0 unspecified atom stereocenters. The van der Waals surface area contributed by atoms with Crippen molar-refractivity contribution in [3.8, 4) is 0 Å². The lowest BCUT2D eigenvalue weighted by molar-refractivity contribution is 0.103. The van der Waals surface area contributed by atoms with Crippen molar-refractivity contribution in [3.63, 3.8) is 0 Å². The molecule has 2 heterocycles. The monoisotopic (exact) mass is 250 g/mol. The summed E-state index contributed by atoms with van der Waals surface area (Å²) in [5.41, 5.74) is 6.36. The normalized spacial score (nSPS) is 10.5. The summed E-state index contributed by atoms with van der Waals surface area (Å²) in [6.45, 7) is 4.66. The Labute approximate surface area is 103 Å². The van der Waals surface area contributed by atoms with Crippen LogP contribution in [0.1, 0.15) is 21.5 Å². The van der Waals surface area contributed by atoms with E-state index in [9.17, 15) is 4.79 Å². The molecule has 5 nitrogen and oxygen atoms in total. The number of nitrogens with two attached hydrogens (primary N) is 1. The van der Waals surface area contributed by atoms with E-state index in [1.54, 1.807) is 16.8 Å². The van der Waals surface area contributed by atoms with Gasteiger partial charge in [-0.3, -0.25) is 9.48 Å². The minimum absolute atomic E-state index is 0.170. The summed E-state index contributed by atoms with van der Waals surface area (Å²) >= 11 is 1.38. The van der Waals surface area contributed by atoms with Crippen LogP contribution in [0.4, 0.5) is 11.5 Å². The second-order valence-corrected chi connectivity index (χ2v) is 4.89. The van der Waals surface area contributed by atoms with Crippen LogP contribution in [-0.4, -0.2) is 15.7 Å². The predicted molar refractivity (Wildman–Crippen MR) is 69.3 cm³/mol. The smallest absolute Gasteiger partial charge is 0.267 e. The van der Waals surface area contributed by atoms with Gasteiger partial charge >= 0.3 is 0 Å². The lowest BCUT2D eigenvalue weighted by Gasteiger charge is -1.98. The summed E-state index contributed by atoms with van der Waals surface area (Å²) in [6, 6.07) is 3.46. The summed E-state index contributed by atoms with van der Waals surface area (Å²) in [6.07, 6.45) is 1.82. The number of anilines is 2. The molecule has 0 aromatic carbocycles. The van der Waals surface area contributed by atoms with Gasteiger partial charge in [0, 0.05) is 29.4 Å². The van der Waals surface area contributed by atoms with Crippen molar-refractivity contribution in [2.24, 2.45) is 0 Å². The fourth-order valence-corrected chi connectivity index (χ4v) is 2.23. The fraction of sp³-hybridized carbons (Fsp3) is 0.273. The van der Waals surface area contributed by atoms with Gasteiger partial charge in [0.2, 0.25) is 0 Å². The molecule has 0 aliphatic rings. The maximum absolute atomic E-state index is 11.9. The van der Waals surface area contributed by atoms with E-state index >= 15 is 0 Å². The van der Waals surface area contributed by atoms with Crippen LogP contribution in [0, 0.1) is 6.92 Å². The van der Waals surface area contributed by atoms with Gasteiger partial charge in [-0.05, 0) is 19.9 Å². The Morgan fingerprint density at radius 1 is 1.65 bits per heavy atom. The lowest BCUT2D eigenvalue weighted by atomic mass is 10.3. The third-order valence-corrected chi connectivity index (χ3v) is 3.45. The number of aromatic nitrogens is 2. The Morgan fingerprint density at radius 2 is 2.41 bits per heavy atom. The highest BCUT2D eigenvalue weighted by Crippen LogP contribution is 2.23. The largest absolute Gasteiger partial charge is 0.398 e. The van der Waals surface area contributed by atoms with Gasteiger partial charge in [0.1, 0.15) is 0 Å². The maximum Gasteiger partial charge on any atom is 0.267 e. The Kier molecular flexibility index (Phi) is 3.14. The highest BCUT2D eigenvalue weighted by Gasteiger charge is 2.12. The molecule has 0 spiro atoms. The molecule has 3 N–H and O–H groups in total. The Morgan fingerprint density at radius 3 is 2.94 bits per heavy atom. The maximum atomic E-state index is 11.9. The summed E-state index contributed by atoms with van der Waals surface area (Å²) in [7, 11) is 0. The first-order valence-electron chi connectivity index (χ1n) is 5.31. The highest BCUT2D eigenvalue weighted by molar-refractivity contribution is 7.14. The fourth-order valence-electron chi connectivity index (χ4n) is 1.39. The van der Waals surface area contributed by atoms with Gasteiger partial charge in [-0.2, -0.15) is 5.10 Å². The number of carbonyl (C=O) groups excluding carboxylic acids is 1. The molecule has 1 amide bonds. The van der Waals surface area contributed by atoms with Crippen LogP contribution in [0.25, 0.3) is 0 Å². The van der Waals surface area contributed by atoms with E-state index < -0.39 is 0 Å². The molecule has 90 valence electrons. The zero-order chi connectivity index (χ0) is 12.4. The first-order valence-corrected chi connectivity index (χ1v) is 6.12. The topological polar surface area (TPSA) is 72.9 Å². The van der Waals surface area contributed by atoms with Gasteiger partial charge in [-0.25, -0.2) is 0 Å². The second kappa shape index (κ2) is 4.58. The van der Waals surface area contributed by atoms with E-state index in [4.69, 9.17) is 5.73 Å². The van der Waals surface area contributed by atoms with Crippen molar-refractivity contribution in [1.82, 2.24) is 9.78 Å². The van der Waals surface area contributed by atoms with Crippen LogP contribution in [0.3, 0.4) is 0 Å². The standard InChI is InChI=1S/C11H14N4OS/c1-3-15-5-4-10(14-15)13-11(16)9-6-8(12)7(2)17-9/h4-6H,3,12H2,1-2H3,(H,13,14,16). The van der Waals surface area contributed by atoms with Crippen molar-refractivity contribution in [3.05, 3.63) is 28.1 Å². The lowest BCUT2D eigenvalue weighted by Crippen LogP contribution is -2.11. The van der Waals surface area contributed by atoms with Crippen LogP contribution < -0.4 is 11.1 Å². The Hall–Kier alpha value is -1.82. The quantitative estimate of drug-likeness (QED) is 0.876. The van der Waals surface area contributed by atoms with Crippen LogP contribution >= 0.6 is 11.3 Å². The predicted octanol–water partition coefficient (Wildman–Crippen LogP) is 2.11. The van der Waals surface area contributed by atoms with Gasteiger partial charge in [-0.1, -0.05) is 0 Å². The average molecular weight is 250 g/mol. The summed E-state index contributed by atoms with van der Waals surface area (Å²) in [5.74, 6) is 0.387. The first-order chi connectivity index (χ1) is 8.10. The number of rotatable bonds is 3. The van der Waals surface area contributed by atoms with E-state index in [1.165, 1.54) is 11.3 Å². The number of amides is 1. The van der Waals surface area contributed by atoms with Gasteiger partial charge < -0.3 is 11.1 Å². The SMILES string of the molecule is CCn1ccc(NC(=O)c2cc(N)c(C)s2)n1. The molecule has 2 rings (SSSR count). The number of thiophene rings is 1. The van der Waals surface area contributed by atoms with E-state index in [0.29, 0.717) is 16.4 Å². The van der Waals surface area contributed by atoms with E-state index in [1.807, 2.05) is 20.0 Å². The molecular weight excluding hydrogens is 236 g/mol. The number of hydrogen-bond donors (Lipinski definition) is 2. The third-order valence-electron chi connectivity index (χ3n) is 2.39. The van der Waals surface area contributed by atoms with Crippen molar-refractivity contribution in [1.29, 1.82) is 0 Å². The summed E-state index contributed by atoms with van der Waals surface area (Å²) < 4.78 is 1.75. The number of aryl methyl sites for hydroxylation is 2. The number of hydrogen-bond acceptors (Lipinski definition) is 4. The zero-order valence-electron chi connectivity index (χ0n) is 9.73. The molecule has 0 aliphatic heterocycles. The van der Waals surface area contributed by atoms with Crippen LogP contribution in [-0.2, 0) is 6.54 Å². The highest BCUT2D eigenvalue weighted by atomic mass is 32.1. The average Bonchev–Trinajstić information content (AvgIpc) is 2.87. The first kappa shape index (κ1) is 11.7. The van der Waals surface area contributed by atoms with Gasteiger partial charge in [-0.15, -0.1) is 11.3 Å². The van der Waals surface area contributed by atoms with Crippen molar-refractivity contribution in [2.75, 3.05) is 11.1 Å². The summed E-state index contributed by atoms with van der Waals surface area (Å²) in [5, 5.41) is 6.92. The molecule has 2 aromatic rings. The molecule has 17 heavy (non-hydrogen) atoms. The molecule has 0 fully saturated rings. The number of nitrogens with one attached hydrogen (secondary N) is 1. The minimum Gasteiger partial charge on any atom is -0.398 e. The molecule has 0 radical (unpaired) electrons. The van der Waals surface area contributed by atoms with E-state index in [-0.39, 0.29) is 5.91 Å². The Bertz CT molecular complexity index is 524. The van der Waals surface area contributed by atoms with Crippen LogP contribution in [0.2, 0.25) is 0 Å². The van der Waals surface area contributed by atoms with E-state index in [2.05, 4.69) is 10.4 Å². The molecule has 0 atom stereocenters. The zero-order valence-corrected chi connectivity index (χ0v) is 10.5. The number of carbonyl (C=O) groups is 1. The minimum atomic E-state index is -0.170. The molecule has 0 aliphatic carbocycles. The van der Waals surface area contributed by atoms with Gasteiger partial charge in [0.05, 0.1) is 4.88 Å². The molecule has 6 heteroatoms. The molecule has 0 saturated heterocycles. The van der Waals surface area contributed by atoms with Crippen molar-refractivity contribution in [2.45, 2.75) is 20.4 Å². The molecule has 2 aromatic heterocycles.